The SMILES string of the molecule is CNC1CN(C(=O)c2nc(NCc3cncc(F)c3)nc3ccsc23)C1. The minimum Gasteiger partial charge on any atom is -0.350 e. The first-order valence-corrected chi connectivity index (χ1v) is 9.07. The van der Waals surface area contributed by atoms with Crippen molar-refractivity contribution in [2.45, 2.75) is 12.6 Å². The van der Waals surface area contributed by atoms with Crippen LogP contribution in [0.3, 0.4) is 0 Å². The number of pyridine rings is 1. The van der Waals surface area contributed by atoms with E-state index in [0.717, 1.165) is 16.4 Å². The molecular formula is C17H17FN6OS. The number of thiophene rings is 1. The van der Waals surface area contributed by atoms with E-state index in [-0.39, 0.29) is 5.91 Å². The summed E-state index contributed by atoms with van der Waals surface area (Å²) in [5.41, 5.74) is 1.80. The molecule has 0 saturated carbocycles. The maximum Gasteiger partial charge on any atom is 0.274 e. The Hall–Kier alpha value is -2.65. The first-order chi connectivity index (χ1) is 12.6. The Morgan fingerprint density at radius 2 is 2.23 bits per heavy atom. The molecule has 0 unspecified atom stereocenters. The van der Waals surface area contributed by atoms with Crippen molar-refractivity contribution in [1.82, 2.24) is 25.2 Å². The molecule has 1 aliphatic rings. The number of anilines is 1. The second-order valence-corrected chi connectivity index (χ2v) is 7.01. The van der Waals surface area contributed by atoms with Gasteiger partial charge in [0.05, 0.1) is 16.4 Å². The van der Waals surface area contributed by atoms with Gasteiger partial charge in [0.2, 0.25) is 5.95 Å². The van der Waals surface area contributed by atoms with Crippen LogP contribution in [-0.2, 0) is 6.54 Å². The normalized spacial score (nSPS) is 14.5. The van der Waals surface area contributed by atoms with Crippen molar-refractivity contribution in [1.29, 1.82) is 0 Å². The number of nitrogens with one attached hydrogen (secondary N) is 2. The molecule has 4 rings (SSSR count). The highest BCUT2D eigenvalue weighted by Gasteiger charge is 2.32. The van der Waals surface area contributed by atoms with Crippen LogP contribution in [0.4, 0.5) is 10.3 Å². The van der Waals surface area contributed by atoms with E-state index in [2.05, 4.69) is 25.6 Å². The van der Waals surface area contributed by atoms with Crippen molar-refractivity contribution in [2.75, 3.05) is 25.5 Å². The summed E-state index contributed by atoms with van der Waals surface area (Å²) in [6.07, 6.45) is 2.73. The Bertz CT molecular complexity index is 955. The van der Waals surface area contributed by atoms with Crippen LogP contribution in [0.25, 0.3) is 10.2 Å². The Labute approximate surface area is 153 Å². The molecule has 4 heterocycles. The van der Waals surface area contributed by atoms with Crippen LogP contribution in [0.5, 0.6) is 0 Å². The molecule has 134 valence electrons. The molecule has 7 nitrogen and oxygen atoms in total. The van der Waals surface area contributed by atoms with Crippen LogP contribution in [0.1, 0.15) is 16.1 Å². The minimum atomic E-state index is -0.397. The number of likely N-dealkylation sites (tertiary alicyclic amines) is 1. The Morgan fingerprint density at radius 1 is 1.38 bits per heavy atom. The van der Waals surface area contributed by atoms with Gasteiger partial charge < -0.3 is 15.5 Å². The van der Waals surface area contributed by atoms with Gasteiger partial charge in [-0.2, -0.15) is 0 Å². The Balaban J connectivity index is 1.57. The third kappa shape index (κ3) is 3.23. The van der Waals surface area contributed by atoms with E-state index < -0.39 is 5.82 Å². The molecule has 0 aromatic carbocycles. The number of fused-ring (bicyclic) bond motifs is 1. The number of nitrogens with zero attached hydrogens (tertiary/aromatic N) is 4. The van der Waals surface area contributed by atoms with Gasteiger partial charge in [0.1, 0.15) is 5.82 Å². The lowest BCUT2D eigenvalue weighted by Crippen LogP contribution is -2.59. The third-order valence-corrected chi connectivity index (χ3v) is 5.21. The standard InChI is InChI=1S/C17H17FN6OS/c1-19-12-8-24(9-12)16(25)14-15-13(2-3-26-15)22-17(23-14)21-6-10-4-11(18)7-20-5-10/h2-5,7,12,19H,6,8-9H2,1H3,(H,21,22,23). The van der Waals surface area contributed by atoms with Crippen molar-refractivity contribution in [3.63, 3.8) is 0 Å². The molecule has 0 radical (unpaired) electrons. The number of carbonyl (C=O) groups excluding carboxylic acids is 1. The van der Waals surface area contributed by atoms with E-state index in [1.54, 1.807) is 11.1 Å². The number of amides is 1. The second kappa shape index (κ2) is 6.93. The lowest BCUT2D eigenvalue weighted by molar-refractivity contribution is 0.0573. The van der Waals surface area contributed by atoms with Gasteiger partial charge in [-0.1, -0.05) is 0 Å². The summed E-state index contributed by atoms with van der Waals surface area (Å²) >= 11 is 1.45. The fourth-order valence-electron chi connectivity index (χ4n) is 2.80. The van der Waals surface area contributed by atoms with Crippen LogP contribution in [0.15, 0.2) is 29.9 Å². The molecular weight excluding hydrogens is 355 g/mol. The number of rotatable bonds is 5. The molecule has 0 atom stereocenters. The molecule has 3 aromatic heterocycles. The van der Waals surface area contributed by atoms with Gasteiger partial charge in [-0.25, -0.2) is 14.4 Å². The third-order valence-electron chi connectivity index (χ3n) is 4.30. The largest absolute Gasteiger partial charge is 0.350 e. The van der Waals surface area contributed by atoms with Crippen molar-refractivity contribution in [2.24, 2.45) is 0 Å². The summed E-state index contributed by atoms with van der Waals surface area (Å²) in [7, 11) is 1.89. The van der Waals surface area contributed by atoms with Gasteiger partial charge in [0.15, 0.2) is 5.69 Å². The maximum atomic E-state index is 13.2. The minimum absolute atomic E-state index is 0.0955. The highest BCUT2D eigenvalue weighted by molar-refractivity contribution is 7.17. The molecule has 0 spiro atoms. The Morgan fingerprint density at radius 3 is 3.00 bits per heavy atom. The first kappa shape index (κ1) is 16.8. The number of likely N-dealkylation sites (N-methyl/N-ethyl adjacent to an activating group) is 1. The van der Waals surface area contributed by atoms with Crippen LogP contribution in [0.2, 0.25) is 0 Å². The number of halogens is 1. The van der Waals surface area contributed by atoms with E-state index >= 15 is 0 Å². The van der Waals surface area contributed by atoms with Crippen molar-refractivity contribution in [3.8, 4) is 0 Å². The van der Waals surface area contributed by atoms with E-state index in [0.29, 0.717) is 42.9 Å². The lowest BCUT2D eigenvalue weighted by Gasteiger charge is -2.38. The van der Waals surface area contributed by atoms with Gasteiger partial charge >= 0.3 is 0 Å². The van der Waals surface area contributed by atoms with Crippen LogP contribution in [0, 0.1) is 5.82 Å². The number of hydrogen-bond acceptors (Lipinski definition) is 7. The first-order valence-electron chi connectivity index (χ1n) is 8.19. The zero-order chi connectivity index (χ0) is 18.1. The average Bonchev–Trinajstić information content (AvgIpc) is 3.07. The van der Waals surface area contributed by atoms with Crippen molar-refractivity contribution in [3.05, 3.63) is 47.0 Å². The topological polar surface area (TPSA) is 83.0 Å². The molecule has 1 amide bonds. The summed E-state index contributed by atoms with van der Waals surface area (Å²) in [4.78, 5) is 27.3. The smallest absolute Gasteiger partial charge is 0.274 e. The second-order valence-electron chi connectivity index (χ2n) is 6.09. The van der Waals surface area contributed by atoms with Crippen LogP contribution in [-0.4, -0.2) is 51.9 Å². The molecule has 0 aliphatic carbocycles. The maximum absolute atomic E-state index is 13.2. The van der Waals surface area contributed by atoms with E-state index in [1.165, 1.54) is 17.4 Å². The fourth-order valence-corrected chi connectivity index (χ4v) is 3.61. The predicted molar refractivity (Wildman–Crippen MR) is 97.7 cm³/mol. The highest BCUT2D eigenvalue weighted by Crippen LogP contribution is 2.26. The predicted octanol–water partition coefficient (Wildman–Crippen LogP) is 1.88. The van der Waals surface area contributed by atoms with Gasteiger partial charge in [0.25, 0.3) is 5.91 Å². The monoisotopic (exact) mass is 372 g/mol. The van der Waals surface area contributed by atoms with Gasteiger partial charge in [-0.05, 0) is 30.1 Å². The Kier molecular flexibility index (Phi) is 4.48. The van der Waals surface area contributed by atoms with E-state index in [4.69, 9.17) is 0 Å². The zero-order valence-electron chi connectivity index (χ0n) is 14.1. The fraction of sp³-hybridized carbons (Fsp3) is 0.294. The van der Waals surface area contributed by atoms with Crippen molar-refractivity contribution < 1.29 is 9.18 Å². The average molecular weight is 372 g/mol. The lowest BCUT2D eigenvalue weighted by atomic mass is 10.1. The summed E-state index contributed by atoms with van der Waals surface area (Å²) in [6.45, 7) is 1.66. The zero-order valence-corrected chi connectivity index (χ0v) is 14.9. The van der Waals surface area contributed by atoms with Crippen molar-refractivity contribution >= 4 is 33.4 Å². The number of carbonyl (C=O) groups is 1. The van der Waals surface area contributed by atoms with Gasteiger partial charge in [-0.15, -0.1) is 11.3 Å². The molecule has 9 heteroatoms. The van der Waals surface area contributed by atoms with E-state index in [9.17, 15) is 9.18 Å². The molecule has 3 aromatic rings. The molecule has 2 N–H and O–H groups in total. The number of aromatic nitrogens is 3. The molecule has 1 saturated heterocycles. The summed E-state index contributed by atoms with van der Waals surface area (Å²) < 4.78 is 14.0. The van der Waals surface area contributed by atoms with Crippen LogP contribution >= 0.6 is 11.3 Å². The molecule has 1 fully saturated rings. The summed E-state index contributed by atoms with van der Waals surface area (Å²) in [5.74, 6) is -0.151. The van der Waals surface area contributed by atoms with Gasteiger partial charge in [-0.3, -0.25) is 9.78 Å². The highest BCUT2D eigenvalue weighted by atomic mass is 32.1. The van der Waals surface area contributed by atoms with Gasteiger partial charge in [0, 0.05) is 31.9 Å². The molecule has 26 heavy (non-hydrogen) atoms. The number of hydrogen-bond donors (Lipinski definition) is 2. The molecule has 1 aliphatic heterocycles. The quantitative estimate of drug-likeness (QED) is 0.712. The van der Waals surface area contributed by atoms with E-state index in [1.807, 2.05) is 18.5 Å². The molecule has 0 bridgehead atoms. The summed E-state index contributed by atoms with van der Waals surface area (Å²) in [5, 5.41) is 8.10. The van der Waals surface area contributed by atoms with Crippen LogP contribution < -0.4 is 10.6 Å². The summed E-state index contributed by atoms with van der Waals surface area (Å²) in [6, 6.07) is 3.59.